The van der Waals surface area contributed by atoms with Gasteiger partial charge in [-0.25, -0.2) is 14.0 Å². The van der Waals surface area contributed by atoms with E-state index in [9.17, 15) is 23.6 Å². The molecule has 0 bridgehead atoms. The fourth-order valence-corrected chi connectivity index (χ4v) is 10.0. The van der Waals surface area contributed by atoms with Gasteiger partial charge in [-0.15, -0.1) is 0 Å². The maximum Gasteiger partial charge on any atom is 0.340 e. The maximum absolute atomic E-state index is 14.4. The highest BCUT2D eigenvalue weighted by atomic mass is 35.5. The highest BCUT2D eigenvalue weighted by molar-refractivity contribution is 6.30. The van der Waals surface area contributed by atoms with Crippen LogP contribution in [-0.2, 0) is 23.8 Å². The molecule has 2 amide bonds. The Bertz CT molecular complexity index is 2520. The number of anilines is 4. The number of carbonyl (C=O) groups is 4. The number of amides is 2. The number of rotatable bonds is 17. The third-order valence-electron chi connectivity index (χ3n) is 13.5. The van der Waals surface area contributed by atoms with Crippen LogP contribution in [0.4, 0.5) is 27.1 Å². The summed E-state index contributed by atoms with van der Waals surface area (Å²) in [4.78, 5) is 58.9. The van der Waals surface area contributed by atoms with Crippen molar-refractivity contribution in [3.05, 3.63) is 118 Å². The molecule has 15 heteroatoms. The molecular weight excluding hydrogens is 891 g/mol. The molecule has 5 unspecified atom stereocenters. The van der Waals surface area contributed by atoms with Crippen molar-refractivity contribution in [3.63, 3.8) is 0 Å². The zero-order valence-electron chi connectivity index (χ0n) is 39.4. The second-order valence-electron chi connectivity index (χ2n) is 18.6. The van der Waals surface area contributed by atoms with Crippen LogP contribution in [0, 0.1) is 37.5 Å². The van der Waals surface area contributed by atoms with Crippen molar-refractivity contribution in [1.82, 2.24) is 0 Å². The predicted molar refractivity (Wildman–Crippen MR) is 260 cm³/mol. The van der Waals surface area contributed by atoms with Crippen LogP contribution in [0.1, 0.15) is 77.8 Å². The lowest BCUT2D eigenvalue weighted by atomic mass is 10.0. The van der Waals surface area contributed by atoms with Gasteiger partial charge < -0.3 is 44.1 Å². The zero-order chi connectivity index (χ0) is 48.2. The van der Waals surface area contributed by atoms with Gasteiger partial charge in [-0.05, 0) is 161 Å². The van der Waals surface area contributed by atoms with E-state index in [1.54, 1.807) is 60.7 Å². The first kappa shape index (κ1) is 48.3. The smallest absolute Gasteiger partial charge is 0.340 e. The van der Waals surface area contributed by atoms with Crippen LogP contribution in [0.2, 0.25) is 5.02 Å². The summed E-state index contributed by atoms with van der Waals surface area (Å²) in [6.07, 6.45) is 2.93. The van der Waals surface area contributed by atoms with Gasteiger partial charge in [0, 0.05) is 36.0 Å². The third-order valence-corrected chi connectivity index (χ3v) is 13.7. The average Bonchev–Trinajstić information content (AvgIpc) is 4.26. The minimum Gasteiger partial charge on any atom is -0.481 e. The Morgan fingerprint density at radius 2 is 1.25 bits per heavy atom. The lowest BCUT2D eigenvalue weighted by molar-refractivity contribution is -0.124. The number of para-hydroxylation sites is 1. The monoisotopic (exact) mass is 950 g/mol. The topological polar surface area (TPSA) is 145 Å². The van der Waals surface area contributed by atoms with Gasteiger partial charge in [-0.2, -0.15) is 0 Å². The van der Waals surface area contributed by atoms with E-state index in [1.807, 2.05) is 56.9 Å². The summed E-state index contributed by atoms with van der Waals surface area (Å²) < 4.78 is 43.4. The van der Waals surface area contributed by atoms with Crippen molar-refractivity contribution in [2.45, 2.75) is 84.2 Å². The van der Waals surface area contributed by atoms with E-state index in [2.05, 4.69) is 15.5 Å². The van der Waals surface area contributed by atoms with Gasteiger partial charge in [0.15, 0.2) is 12.2 Å². The Morgan fingerprint density at radius 3 is 1.76 bits per heavy atom. The number of carbonyl (C=O) groups excluding carboxylic acids is 4. The number of ether oxygens (including phenoxy) is 5. The van der Waals surface area contributed by atoms with E-state index in [0.717, 1.165) is 29.7 Å². The number of hydrogen-bond acceptors (Lipinski definition) is 11. The summed E-state index contributed by atoms with van der Waals surface area (Å²) in [5.41, 5.74) is 4.21. The van der Waals surface area contributed by atoms with E-state index in [-0.39, 0.29) is 53.2 Å². The average molecular weight is 952 g/mol. The number of halogens is 2. The van der Waals surface area contributed by atoms with Crippen molar-refractivity contribution < 1.29 is 47.3 Å². The number of methoxy groups -OCH3 is 2. The summed E-state index contributed by atoms with van der Waals surface area (Å²) in [6.45, 7) is 9.88. The standard InChI is InChI=1S/C53H60ClFN4O9/c1-30-9-7-10-31(2)49(30)68-48(51(61)57-45-18-14-38(25-43(45)52(62)64-5)58-20-8-11-37(55)29-58)24-35-22-42(35)41-21-34(41)23-47(67-40-16-12-36(54)13-17-40)50(60)56-46-19-15-39(26-44(46)53(63)65-6)59-27-32(3)66-33(4)28-59/h7,9-19,25-26,32-35,41-42,47-48H,8,20-24,27-29H2,1-6H3,(H,56,60)(H,57,61)/t32-,33?,34?,35?,41?,42?,47-,48-/m0/s1. The largest absolute Gasteiger partial charge is 0.481 e. The van der Waals surface area contributed by atoms with Gasteiger partial charge in [0.05, 0.1) is 55.5 Å². The van der Waals surface area contributed by atoms with Crippen molar-refractivity contribution >= 4 is 58.1 Å². The van der Waals surface area contributed by atoms with E-state index in [0.29, 0.717) is 78.6 Å². The molecule has 68 heavy (non-hydrogen) atoms. The Labute approximate surface area is 402 Å². The van der Waals surface area contributed by atoms with Gasteiger partial charge in [0.1, 0.15) is 17.3 Å². The first-order valence-electron chi connectivity index (χ1n) is 23.4. The van der Waals surface area contributed by atoms with Crippen LogP contribution in [0.15, 0.2) is 90.8 Å². The normalized spacial score (nSPS) is 22.8. The molecule has 4 aliphatic rings. The van der Waals surface area contributed by atoms with E-state index in [1.165, 1.54) is 14.2 Å². The third kappa shape index (κ3) is 11.6. The highest BCUT2D eigenvalue weighted by Crippen LogP contribution is 2.61. The first-order chi connectivity index (χ1) is 32.7. The van der Waals surface area contributed by atoms with Gasteiger partial charge in [0.25, 0.3) is 11.8 Å². The molecule has 0 radical (unpaired) electrons. The molecule has 8 atom stereocenters. The Kier molecular flexibility index (Phi) is 15.0. The number of nitrogens with one attached hydrogen (secondary N) is 2. The first-order valence-corrected chi connectivity index (χ1v) is 23.8. The molecule has 0 aromatic heterocycles. The number of morpholine rings is 1. The van der Waals surface area contributed by atoms with E-state index < -0.39 is 36.0 Å². The predicted octanol–water partition coefficient (Wildman–Crippen LogP) is 9.73. The molecule has 13 nitrogen and oxygen atoms in total. The fourth-order valence-electron chi connectivity index (χ4n) is 9.88. The second kappa shape index (κ2) is 21.0. The molecule has 4 aromatic rings. The lowest BCUT2D eigenvalue weighted by Crippen LogP contribution is -2.45. The molecule has 2 saturated carbocycles. The molecule has 2 N–H and O–H groups in total. The molecule has 360 valence electrons. The van der Waals surface area contributed by atoms with Gasteiger partial charge >= 0.3 is 11.9 Å². The summed E-state index contributed by atoms with van der Waals surface area (Å²) in [6, 6.07) is 23.1. The van der Waals surface area contributed by atoms with Crippen LogP contribution in [0.5, 0.6) is 11.5 Å². The minimum absolute atomic E-state index is 0.00870. The van der Waals surface area contributed by atoms with Crippen LogP contribution in [-0.4, -0.2) is 88.6 Å². The van der Waals surface area contributed by atoms with Crippen molar-refractivity contribution in [1.29, 1.82) is 0 Å². The summed E-state index contributed by atoms with van der Waals surface area (Å²) in [7, 11) is 2.59. The number of hydrogen-bond donors (Lipinski definition) is 2. The lowest BCUT2D eigenvalue weighted by Gasteiger charge is -2.37. The van der Waals surface area contributed by atoms with Crippen molar-refractivity contribution in [2.75, 3.05) is 60.8 Å². The van der Waals surface area contributed by atoms with Crippen molar-refractivity contribution in [2.24, 2.45) is 23.7 Å². The van der Waals surface area contributed by atoms with Crippen LogP contribution < -0.4 is 29.9 Å². The number of nitrogens with zero attached hydrogens (tertiary/aromatic N) is 2. The second-order valence-corrected chi connectivity index (χ2v) is 19.1. The molecule has 1 saturated heterocycles. The van der Waals surface area contributed by atoms with Gasteiger partial charge in [-0.1, -0.05) is 29.8 Å². The zero-order valence-corrected chi connectivity index (χ0v) is 40.1. The van der Waals surface area contributed by atoms with E-state index >= 15 is 0 Å². The molecular formula is C53H60ClFN4O9. The number of aryl methyl sites for hydroxylation is 2. The number of esters is 2. The quantitative estimate of drug-likeness (QED) is 0.0977. The minimum atomic E-state index is -0.902. The van der Waals surface area contributed by atoms with Crippen LogP contribution in [0.25, 0.3) is 0 Å². The summed E-state index contributed by atoms with van der Waals surface area (Å²) in [5, 5.41) is 6.50. The maximum atomic E-state index is 14.4. The molecule has 2 aliphatic heterocycles. The SMILES string of the molecule is COC(=O)c1cc(N2CC(C)O[C@@H](C)C2)ccc1NC(=O)[C@H](CC1CC1C1CC1C[C@H](Oc1c(C)cccc1C)C(=O)Nc1ccc(N2CCC=C(F)C2)cc1C(=O)OC)Oc1ccc(Cl)cc1. The van der Waals surface area contributed by atoms with Crippen LogP contribution >= 0.6 is 11.6 Å². The summed E-state index contributed by atoms with van der Waals surface area (Å²) >= 11 is 6.20. The Hall–Kier alpha value is -6.12. The summed E-state index contributed by atoms with van der Waals surface area (Å²) in [5.74, 6) is -0.229. The molecule has 2 aliphatic carbocycles. The molecule has 3 fully saturated rings. The van der Waals surface area contributed by atoms with E-state index in [4.69, 9.17) is 35.3 Å². The number of benzene rings is 4. The van der Waals surface area contributed by atoms with Crippen LogP contribution in [0.3, 0.4) is 0 Å². The Balaban J connectivity index is 0.972. The Morgan fingerprint density at radius 1 is 0.735 bits per heavy atom. The molecule has 0 spiro atoms. The molecule has 2 heterocycles. The molecule has 8 rings (SSSR count). The van der Waals surface area contributed by atoms with Gasteiger partial charge in [-0.3, -0.25) is 9.59 Å². The van der Waals surface area contributed by atoms with Gasteiger partial charge in [0.2, 0.25) is 0 Å². The highest BCUT2D eigenvalue weighted by Gasteiger charge is 2.55. The fraction of sp³-hybridized carbons (Fsp3) is 0.434. The molecule has 4 aromatic carbocycles. The van der Waals surface area contributed by atoms with Crippen molar-refractivity contribution in [3.8, 4) is 11.5 Å².